The van der Waals surface area contributed by atoms with Crippen molar-refractivity contribution < 1.29 is 14.4 Å². The average molecular weight is 272 g/mol. The van der Waals surface area contributed by atoms with Crippen LogP contribution in [0.5, 0.6) is 0 Å². The lowest BCUT2D eigenvalue weighted by molar-refractivity contribution is -0.117. The largest absolute Gasteiger partial charge is 0.368 e. The molecule has 0 spiro atoms. The Kier molecular flexibility index (Phi) is 4.55. The van der Waals surface area contributed by atoms with E-state index in [4.69, 9.17) is 23.1 Å². The van der Waals surface area contributed by atoms with Gasteiger partial charge >= 0.3 is 0 Å². The van der Waals surface area contributed by atoms with Crippen molar-refractivity contribution in [1.82, 2.24) is 9.97 Å². The lowest BCUT2D eigenvalue weighted by atomic mass is 10.3. The van der Waals surface area contributed by atoms with Crippen molar-refractivity contribution in [2.24, 2.45) is 11.5 Å². The first-order chi connectivity index (χ1) is 8.45. The monoisotopic (exact) mass is 271 g/mol. The molecular weight excluding hydrogens is 262 g/mol. The predicted octanol–water partition coefficient (Wildman–Crippen LogP) is -1.28. The van der Waals surface area contributed by atoms with Gasteiger partial charge in [0.15, 0.2) is 6.29 Å². The second kappa shape index (κ2) is 5.92. The number of amides is 2. The van der Waals surface area contributed by atoms with E-state index >= 15 is 0 Å². The molecule has 9 heteroatoms. The minimum atomic E-state index is -0.706. The number of nitrogens with zero attached hydrogens (tertiary/aromatic N) is 3. The van der Waals surface area contributed by atoms with Gasteiger partial charge in [0.1, 0.15) is 17.3 Å². The molecule has 1 aromatic rings. The molecule has 0 bridgehead atoms. The molecule has 0 aliphatic rings. The smallest absolute Gasteiger partial charge is 0.237 e. The molecule has 8 nitrogen and oxygen atoms in total. The fraction of sp³-hybridized carbons (Fsp3) is 0.222. The van der Waals surface area contributed by atoms with Crippen LogP contribution in [0.1, 0.15) is 10.4 Å². The fourth-order valence-corrected chi connectivity index (χ4v) is 1.47. The molecule has 0 saturated carbocycles. The summed E-state index contributed by atoms with van der Waals surface area (Å²) in [5, 5.41) is -0.0889. The van der Waals surface area contributed by atoms with E-state index in [9.17, 15) is 14.4 Å². The van der Waals surface area contributed by atoms with Crippen LogP contribution in [0.3, 0.4) is 0 Å². The van der Waals surface area contributed by atoms with Crippen LogP contribution < -0.4 is 16.4 Å². The van der Waals surface area contributed by atoms with Gasteiger partial charge in [0.05, 0.1) is 18.7 Å². The minimum Gasteiger partial charge on any atom is -0.368 e. The van der Waals surface area contributed by atoms with Crippen molar-refractivity contribution in [2.75, 3.05) is 18.0 Å². The molecule has 0 aromatic carbocycles. The van der Waals surface area contributed by atoms with Crippen molar-refractivity contribution >= 4 is 35.5 Å². The van der Waals surface area contributed by atoms with Crippen LogP contribution in [-0.4, -0.2) is 41.2 Å². The molecule has 96 valence electrons. The van der Waals surface area contributed by atoms with E-state index in [1.807, 2.05) is 0 Å². The third-order valence-electron chi connectivity index (χ3n) is 1.93. The van der Waals surface area contributed by atoms with Gasteiger partial charge in [0.25, 0.3) is 0 Å². The Hall–Kier alpha value is -2.22. The van der Waals surface area contributed by atoms with Crippen LogP contribution in [0.4, 0.5) is 5.82 Å². The maximum absolute atomic E-state index is 10.9. The highest BCUT2D eigenvalue weighted by molar-refractivity contribution is 6.32. The lowest BCUT2D eigenvalue weighted by Crippen LogP contribution is -2.40. The number of nitrogens with two attached hydrogens (primary N) is 2. The number of anilines is 1. The van der Waals surface area contributed by atoms with Crippen molar-refractivity contribution in [2.45, 2.75) is 0 Å². The van der Waals surface area contributed by atoms with Crippen LogP contribution in [0.2, 0.25) is 5.15 Å². The summed E-state index contributed by atoms with van der Waals surface area (Å²) in [4.78, 5) is 41.3. The zero-order chi connectivity index (χ0) is 13.7. The second-order valence-corrected chi connectivity index (χ2v) is 3.67. The number of carbonyl (C=O) groups excluding carboxylic acids is 3. The van der Waals surface area contributed by atoms with Crippen molar-refractivity contribution in [3.63, 3.8) is 0 Å². The maximum atomic E-state index is 10.9. The highest BCUT2D eigenvalue weighted by Crippen LogP contribution is 2.20. The number of hydrogen-bond donors (Lipinski definition) is 2. The molecule has 0 unspecified atom stereocenters. The normalized spacial score (nSPS) is 9.83. The molecule has 2 amide bonds. The van der Waals surface area contributed by atoms with E-state index < -0.39 is 11.8 Å². The molecule has 0 saturated heterocycles. The third-order valence-corrected chi connectivity index (χ3v) is 2.23. The number of primary amides is 2. The molecule has 0 radical (unpaired) electrons. The van der Waals surface area contributed by atoms with Gasteiger partial charge in [-0.05, 0) is 0 Å². The third kappa shape index (κ3) is 3.39. The Morgan fingerprint density at radius 3 is 2.28 bits per heavy atom. The summed E-state index contributed by atoms with van der Waals surface area (Å²) in [5.74, 6) is -1.38. The van der Waals surface area contributed by atoms with Gasteiger partial charge in [0.2, 0.25) is 11.8 Å². The number of aldehydes is 1. The fourth-order valence-electron chi connectivity index (χ4n) is 1.30. The summed E-state index contributed by atoms with van der Waals surface area (Å²) in [5.41, 5.74) is 10.0. The summed E-state index contributed by atoms with van der Waals surface area (Å²) in [6.07, 6.45) is 1.52. The average Bonchev–Trinajstić information content (AvgIpc) is 2.26. The number of carbonyl (C=O) groups is 3. The van der Waals surface area contributed by atoms with E-state index in [0.29, 0.717) is 6.29 Å². The van der Waals surface area contributed by atoms with Gasteiger partial charge in [0, 0.05) is 0 Å². The summed E-state index contributed by atoms with van der Waals surface area (Å²) < 4.78 is 0. The van der Waals surface area contributed by atoms with Crippen molar-refractivity contribution in [1.29, 1.82) is 0 Å². The predicted molar refractivity (Wildman–Crippen MR) is 63.0 cm³/mol. The van der Waals surface area contributed by atoms with E-state index in [2.05, 4.69) is 9.97 Å². The molecule has 0 aliphatic heterocycles. The van der Waals surface area contributed by atoms with Crippen LogP contribution in [0, 0.1) is 0 Å². The van der Waals surface area contributed by atoms with E-state index in [1.54, 1.807) is 0 Å². The topological polar surface area (TPSA) is 132 Å². The number of halogens is 1. The minimum absolute atomic E-state index is 0.0302. The Morgan fingerprint density at radius 2 is 1.83 bits per heavy atom. The summed E-state index contributed by atoms with van der Waals surface area (Å²) in [7, 11) is 0. The Labute approximate surface area is 107 Å². The second-order valence-electron chi connectivity index (χ2n) is 3.31. The number of aromatic nitrogens is 2. The van der Waals surface area contributed by atoms with Crippen LogP contribution in [0.25, 0.3) is 0 Å². The zero-order valence-electron chi connectivity index (χ0n) is 9.17. The Bertz CT molecular complexity index is 477. The van der Waals surface area contributed by atoms with Gasteiger partial charge in [-0.3, -0.25) is 14.4 Å². The Morgan fingerprint density at radius 1 is 1.28 bits per heavy atom. The number of hydrogen-bond acceptors (Lipinski definition) is 6. The molecule has 1 heterocycles. The van der Waals surface area contributed by atoms with Crippen LogP contribution in [-0.2, 0) is 9.59 Å². The highest BCUT2D eigenvalue weighted by atomic mass is 35.5. The van der Waals surface area contributed by atoms with Gasteiger partial charge in [-0.25, -0.2) is 9.97 Å². The molecule has 0 fully saturated rings. The lowest BCUT2D eigenvalue weighted by Gasteiger charge is -2.21. The van der Waals surface area contributed by atoms with Crippen molar-refractivity contribution in [3.05, 3.63) is 17.0 Å². The SMILES string of the molecule is NC(=O)CN(CC(N)=O)c1ncnc(Cl)c1C=O. The van der Waals surface area contributed by atoms with Crippen LogP contribution in [0.15, 0.2) is 6.33 Å². The Balaban J connectivity index is 3.19. The highest BCUT2D eigenvalue weighted by Gasteiger charge is 2.19. The van der Waals surface area contributed by atoms with Gasteiger partial charge in [-0.2, -0.15) is 0 Å². The molecule has 4 N–H and O–H groups in total. The molecule has 18 heavy (non-hydrogen) atoms. The van der Waals surface area contributed by atoms with Crippen LogP contribution >= 0.6 is 11.6 Å². The summed E-state index contributed by atoms with van der Waals surface area (Å²) in [6, 6.07) is 0. The quantitative estimate of drug-likeness (QED) is 0.489. The van der Waals surface area contributed by atoms with E-state index in [1.165, 1.54) is 0 Å². The molecule has 0 atom stereocenters. The molecule has 1 rings (SSSR count). The van der Waals surface area contributed by atoms with E-state index in [-0.39, 0.29) is 29.6 Å². The van der Waals surface area contributed by atoms with Gasteiger partial charge < -0.3 is 16.4 Å². The van der Waals surface area contributed by atoms with Gasteiger partial charge in [-0.1, -0.05) is 11.6 Å². The molecule has 1 aromatic heterocycles. The number of rotatable bonds is 6. The van der Waals surface area contributed by atoms with Gasteiger partial charge in [-0.15, -0.1) is 0 Å². The first kappa shape index (κ1) is 13.8. The van der Waals surface area contributed by atoms with Crippen molar-refractivity contribution in [3.8, 4) is 0 Å². The first-order valence-corrected chi connectivity index (χ1v) is 5.10. The summed E-state index contributed by atoms with van der Waals surface area (Å²) in [6.45, 7) is -0.645. The van der Waals surface area contributed by atoms with E-state index in [0.717, 1.165) is 11.2 Å². The molecule has 0 aliphatic carbocycles. The maximum Gasteiger partial charge on any atom is 0.237 e. The zero-order valence-corrected chi connectivity index (χ0v) is 9.92. The molecular formula is C9H10ClN5O3. The summed E-state index contributed by atoms with van der Waals surface area (Å²) >= 11 is 5.71. The standard InChI is InChI=1S/C9H10ClN5O3/c10-8-5(3-16)9(14-4-13-8)15(1-6(11)17)2-7(12)18/h3-4H,1-2H2,(H2,11,17)(H2,12,18). The first-order valence-electron chi connectivity index (χ1n) is 4.73.